The minimum Gasteiger partial charge on any atom is -0.374 e. The van der Waals surface area contributed by atoms with Crippen LogP contribution in [0, 0.1) is 0 Å². The summed E-state index contributed by atoms with van der Waals surface area (Å²) in [5.74, 6) is 0. The highest BCUT2D eigenvalue weighted by atomic mass is 16.5. The number of nitrogens with zero attached hydrogens (tertiary/aromatic N) is 1. The van der Waals surface area contributed by atoms with Crippen LogP contribution >= 0.6 is 0 Å². The minimum atomic E-state index is 0.397. The molecule has 1 aliphatic rings. The van der Waals surface area contributed by atoms with E-state index in [1.54, 1.807) is 0 Å². The van der Waals surface area contributed by atoms with Crippen molar-refractivity contribution in [2.75, 3.05) is 39.8 Å². The molecule has 0 radical (unpaired) electrons. The lowest BCUT2D eigenvalue weighted by Crippen LogP contribution is -2.44. The standard InChI is InChI=1S/C8H18N2O/c1-3-9-6-8-7-10(2)4-5-11-8/h8-9H,3-7H2,1-2H3/t8-/m1/s1. The molecule has 0 aromatic rings. The zero-order valence-electron chi connectivity index (χ0n) is 7.47. The summed E-state index contributed by atoms with van der Waals surface area (Å²) in [6.07, 6.45) is 0.397. The minimum absolute atomic E-state index is 0.397. The van der Waals surface area contributed by atoms with Gasteiger partial charge in [-0.1, -0.05) is 6.92 Å². The topological polar surface area (TPSA) is 24.5 Å². The van der Waals surface area contributed by atoms with Gasteiger partial charge in [0.1, 0.15) is 0 Å². The summed E-state index contributed by atoms with van der Waals surface area (Å²) in [6, 6.07) is 0. The van der Waals surface area contributed by atoms with Crippen molar-refractivity contribution in [3.63, 3.8) is 0 Å². The number of rotatable bonds is 3. The molecule has 11 heavy (non-hydrogen) atoms. The Balaban J connectivity index is 2.12. The van der Waals surface area contributed by atoms with E-state index in [1.165, 1.54) is 0 Å². The molecular formula is C8H18N2O. The largest absolute Gasteiger partial charge is 0.374 e. The molecule has 1 saturated heterocycles. The molecule has 1 aliphatic heterocycles. The van der Waals surface area contributed by atoms with Crippen molar-refractivity contribution >= 4 is 0 Å². The Labute approximate surface area is 68.7 Å². The van der Waals surface area contributed by atoms with E-state index in [-0.39, 0.29) is 0 Å². The third kappa shape index (κ3) is 3.18. The van der Waals surface area contributed by atoms with Gasteiger partial charge in [-0.15, -0.1) is 0 Å². The molecule has 0 aromatic carbocycles. The molecule has 0 unspecified atom stereocenters. The fourth-order valence-corrected chi connectivity index (χ4v) is 1.30. The Morgan fingerprint density at radius 2 is 2.45 bits per heavy atom. The first-order valence-electron chi connectivity index (χ1n) is 4.33. The molecule has 0 amide bonds. The number of morpholine rings is 1. The fraction of sp³-hybridized carbons (Fsp3) is 1.00. The van der Waals surface area contributed by atoms with Crippen molar-refractivity contribution in [3.8, 4) is 0 Å². The summed E-state index contributed by atoms with van der Waals surface area (Å²) in [5, 5.41) is 3.29. The summed E-state index contributed by atoms with van der Waals surface area (Å²) < 4.78 is 5.55. The predicted octanol–water partition coefficient (Wildman–Crippen LogP) is -0.0735. The number of hydrogen-bond donors (Lipinski definition) is 1. The molecule has 0 saturated carbocycles. The first kappa shape index (κ1) is 8.97. The van der Waals surface area contributed by atoms with E-state index in [2.05, 4.69) is 24.2 Å². The Hall–Kier alpha value is -0.120. The Morgan fingerprint density at radius 1 is 1.64 bits per heavy atom. The van der Waals surface area contributed by atoms with Crippen LogP contribution in [-0.2, 0) is 4.74 Å². The maximum Gasteiger partial charge on any atom is 0.0826 e. The highest BCUT2D eigenvalue weighted by Gasteiger charge is 2.16. The molecule has 0 spiro atoms. The van der Waals surface area contributed by atoms with Crippen molar-refractivity contribution in [1.82, 2.24) is 10.2 Å². The SMILES string of the molecule is CCNC[C@@H]1CN(C)CCO1. The number of hydrogen-bond acceptors (Lipinski definition) is 3. The number of nitrogens with one attached hydrogen (secondary N) is 1. The lowest BCUT2D eigenvalue weighted by atomic mass is 10.3. The zero-order chi connectivity index (χ0) is 8.10. The highest BCUT2D eigenvalue weighted by molar-refractivity contribution is 4.70. The summed E-state index contributed by atoms with van der Waals surface area (Å²) in [5.41, 5.74) is 0. The molecule has 1 fully saturated rings. The first-order chi connectivity index (χ1) is 5.33. The maximum atomic E-state index is 5.55. The van der Waals surface area contributed by atoms with Crippen LogP contribution in [0.5, 0.6) is 0 Å². The Morgan fingerprint density at radius 3 is 3.09 bits per heavy atom. The molecular weight excluding hydrogens is 140 g/mol. The van der Waals surface area contributed by atoms with E-state index in [4.69, 9.17) is 4.74 Å². The summed E-state index contributed by atoms with van der Waals surface area (Å²) in [4.78, 5) is 2.31. The van der Waals surface area contributed by atoms with Gasteiger partial charge in [-0.25, -0.2) is 0 Å². The molecule has 0 aromatic heterocycles. The average molecular weight is 158 g/mol. The smallest absolute Gasteiger partial charge is 0.0826 e. The summed E-state index contributed by atoms with van der Waals surface area (Å²) >= 11 is 0. The highest BCUT2D eigenvalue weighted by Crippen LogP contribution is 2.00. The van der Waals surface area contributed by atoms with Crippen LogP contribution in [0.15, 0.2) is 0 Å². The summed E-state index contributed by atoms with van der Waals surface area (Å²) in [6.45, 7) is 7.15. The second kappa shape index (κ2) is 4.70. The van der Waals surface area contributed by atoms with Crippen LogP contribution in [0.1, 0.15) is 6.92 Å². The lowest BCUT2D eigenvalue weighted by molar-refractivity contribution is -0.0178. The van der Waals surface area contributed by atoms with Gasteiger partial charge in [0.05, 0.1) is 12.7 Å². The van der Waals surface area contributed by atoms with E-state index < -0.39 is 0 Å². The van der Waals surface area contributed by atoms with Crippen LogP contribution in [0.25, 0.3) is 0 Å². The molecule has 1 N–H and O–H groups in total. The van der Waals surface area contributed by atoms with E-state index in [9.17, 15) is 0 Å². The van der Waals surface area contributed by atoms with Gasteiger partial charge < -0.3 is 15.0 Å². The van der Waals surface area contributed by atoms with Gasteiger partial charge in [0, 0.05) is 19.6 Å². The van der Waals surface area contributed by atoms with Gasteiger partial charge >= 0.3 is 0 Å². The van der Waals surface area contributed by atoms with Crippen molar-refractivity contribution in [2.24, 2.45) is 0 Å². The quantitative estimate of drug-likeness (QED) is 0.622. The van der Waals surface area contributed by atoms with Crippen LogP contribution in [0.3, 0.4) is 0 Å². The van der Waals surface area contributed by atoms with Crippen molar-refractivity contribution in [1.29, 1.82) is 0 Å². The van der Waals surface area contributed by atoms with Crippen LogP contribution in [0.2, 0.25) is 0 Å². The normalized spacial score (nSPS) is 27.3. The maximum absolute atomic E-state index is 5.55. The molecule has 3 heteroatoms. The first-order valence-corrected chi connectivity index (χ1v) is 4.33. The monoisotopic (exact) mass is 158 g/mol. The van der Waals surface area contributed by atoms with Gasteiger partial charge in [-0.3, -0.25) is 0 Å². The van der Waals surface area contributed by atoms with Crippen LogP contribution in [0.4, 0.5) is 0 Å². The molecule has 0 bridgehead atoms. The van der Waals surface area contributed by atoms with E-state index >= 15 is 0 Å². The van der Waals surface area contributed by atoms with Gasteiger partial charge in [0.2, 0.25) is 0 Å². The molecule has 66 valence electrons. The summed E-state index contributed by atoms with van der Waals surface area (Å²) in [7, 11) is 2.14. The molecule has 1 rings (SSSR count). The van der Waals surface area contributed by atoms with E-state index in [1.807, 2.05) is 0 Å². The van der Waals surface area contributed by atoms with Crippen LogP contribution in [-0.4, -0.2) is 50.8 Å². The number of likely N-dealkylation sites (N-methyl/N-ethyl adjacent to an activating group) is 2. The Bertz CT molecular complexity index is 108. The third-order valence-corrected chi connectivity index (χ3v) is 1.96. The van der Waals surface area contributed by atoms with Crippen molar-refractivity contribution in [3.05, 3.63) is 0 Å². The van der Waals surface area contributed by atoms with Gasteiger partial charge in [0.15, 0.2) is 0 Å². The Kier molecular flexibility index (Phi) is 3.83. The molecule has 0 aliphatic carbocycles. The second-order valence-corrected chi connectivity index (χ2v) is 3.06. The van der Waals surface area contributed by atoms with Gasteiger partial charge in [-0.05, 0) is 13.6 Å². The second-order valence-electron chi connectivity index (χ2n) is 3.06. The molecule has 1 atom stereocenters. The van der Waals surface area contributed by atoms with Gasteiger partial charge in [0.25, 0.3) is 0 Å². The third-order valence-electron chi connectivity index (χ3n) is 1.96. The van der Waals surface area contributed by atoms with Gasteiger partial charge in [-0.2, -0.15) is 0 Å². The lowest BCUT2D eigenvalue weighted by Gasteiger charge is -2.30. The van der Waals surface area contributed by atoms with E-state index in [0.29, 0.717) is 6.10 Å². The number of ether oxygens (including phenoxy) is 1. The van der Waals surface area contributed by atoms with Crippen molar-refractivity contribution in [2.45, 2.75) is 13.0 Å². The zero-order valence-corrected chi connectivity index (χ0v) is 7.47. The molecule has 1 heterocycles. The predicted molar refractivity (Wildman–Crippen MR) is 45.8 cm³/mol. The average Bonchev–Trinajstić information content (AvgIpc) is 2.01. The fourth-order valence-electron chi connectivity index (χ4n) is 1.30. The van der Waals surface area contributed by atoms with E-state index in [0.717, 1.165) is 32.8 Å². The van der Waals surface area contributed by atoms with Crippen LogP contribution < -0.4 is 5.32 Å². The van der Waals surface area contributed by atoms with Crippen molar-refractivity contribution < 1.29 is 4.74 Å². The molecule has 3 nitrogen and oxygen atoms in total.